The quantitative estimate of drug-likeness (QED) is 0.123. The molecule has 0 saturated heterocycles. The Morgan fingerprint density at radius 2 is 1.77 bits per heavy atom. The van der Waals surface area contributed by atoms with Gasteiger partial charge in [0.25, 0.3) is 11.8 Å². The Bertz CT molecular complexity index is 548. The van der Waals surface area contributed by atoms with Gasteiger partial charge in [-0.1, -0.05) is 0 Å². The maximum absolute atomic E-state index is 12.1. The van der Waals surface area contributed by atoms with Crippen LogP contribution in [0.4, 0.5) is 0 Å². The number of amides is 2. The molecule has 22 heavy (non-hydrogen) atoms. The minimum Gasteiger partial charge on any atom is -0.480 e. The highest BCUT2D eigenvalue weighted by Gasteiger charge is 2.43. The van der Waals surface area contributed by atoms with Gasteiger partial charge in [0.15, 0.2) is 17.3 Å². The van der Waals surface area contributed by atoms with E-state index in [-0.39, 0.29) is 25.3 Å². The minimum absolute atomic E-state index is 0.102. The highest BCUT2D eigenvalue weighted by atomic mass is 16.4. The van der Waals surface area contributed by atoms with Gasteiger partial charge < -0.3 is 22.3 Å². The summed E-state index contributed by atoms with van der Waals surface area (Å²) < 4.78 is 0. The summed E-state index contributed by atoms with van der Waals surface area (Å²) in [6, 6.07) is 0. The van der Waals surface area contributed by atoms with E-state index >= 15 is 0 Å². The van der Waals surface area contributed by atoms with Gasteiger partial charge in [0.2, 0.25) is 0 Å². The summed E-state index contributed by atoms with van der Waals surface area (Å²) >= 11 is 0. The lowest BCUT2D eigenvalue weighted by atomic mass is 9.89. The first-order valence-corrected chi connectivity index (χ1v) is 6.33. The van der Waals surface area contributed by atoms with Crippen molar-refractivity contribution in [3.8, 4) is 0 Å². The molecule has 2 amide bonds. The average molecular weight is 311 g/mol. The molecule has 10 nitrogen and oxygen atoms in total. The smallest absolute Gasteiger partial charge is 0.331 e. The van der Waals surface area contributed by atoms with Crippen LogP contribution in [0, 0.1) is 0 Å². The van der Waals surface area contributed by atoms with Crippen molar-refractivity contribution >= 4 is 29.5 Å². The fraction of sp³-hybridized carbons (Fsp3) is 0.417. The number of ketones is 1. The van der Waals surface area contributed by atoms with E-state index in [4.69, 9.17) is 17.2 Å². The number of hydrogen-bond acceptors (Lipinski definition) is 6. The molecule has 1 aliphatic heterocycles. The van der Waals surface area contributed by atoms with Crippen molar-refractivity contribution in [3.05, 3.63) is 12.2 Å². The predicted octanol–water partition coefficient (Wildman–Crippen LogP) is -2.68. The highest BCUT2D eigenvalue weighted by Crippen LogP contribution is 2.15. The highest BCUT2D eigenvalue weighted by molar-refractivity contribution is 6.17. The number of rotatable bonds is 8. The van der Waals surface area contributed by atoms with Gasteiger partial charge in [0, 0.05) is 18.7 Å². The number of carbonyl (C=O) groups is 4. The average Bonchev–Trinajstić information content (AvgIpc) is 2.74. The Morgan fingerprint density at radius 1 is 1.23 bits per heavy atom. The lowest BCUT2D eigenvalue weighted by molar-refractivity contribution is -0.151. The van der Waals surface area contributed by atoms with Gasteiger partial charge in [-0.05, 0) is 12.8 Å². The largest absolute Gasteiger partial charge is 0.480 e. The number of hydrogen-bond donors (Lipinski definition) is 4. The van der Waals surface area contributed by atoms with Crippen molar-refractivity contribution in [2.24, 2.45) is 22.2 Å². The second-order valence-electron chi connectivity index (χ2n) is 4.71. The van der Waals surface area contributed by atoms with Crippen LogP contribution in [0.25, 0.3) is 0 Å². The topological polar surface area (TPSA) is 182 Å². The van der Waals surface area contributed by atoms with Gasteiger partial charge in [-0.2, -0.15) is 0 Å². The fourth-order valence-corrected chi connectivity index (χ4v) is 1.80. The molecule has 0 aliphatic carbocycles. The fourth-order valence-electron chi connectivity index (χ4n) is 1.80. The standard InChI is InChI=1S/C12H17N5O5/c13-11(14)16-5-1-4-12(15,10(21)22)7(18)6-17-8(19)2-3-9(17)20/h2-3H,1,4-6,15H2,(H,21,22)(H4,13,14,16). The maximum atomic E-state index is 12.1. The van der Waals surface area contributed by atoms with Crippen molar-refractivity contribution in [1.82, 2.24) is 4.90 Å². The van der Waals surface area contributed by atoms with Crippen LogP contribution in [0.2, 0.25) is 0 Å². The van der Waals surface area contributed by atoms with E-state index in [0.29, 0.717) is 4.90 Å². The molecular weight excluding hydrogens is 294 g/mol. The molecule has 0 saturated carbocycles. The zero-order chi connectivity index (χ0) is 16.9. The number of imide groups is 1. The minimum atomic E-state index is -2.22. The normalized spacial score (nSPS) is 16.5. The second kappa shape index (κ2) is 6.80. The van der Waals surface area contributed by atoms with Crippen LogP contribution in [-0.4, -0.2) is 58.2 Å². The van der Waals surface area contributed by atoms with Crippen LogP contribution in [-0.2, 0) is 19.2 Å². The Morgan fingerprint density at radius 3 is 2.23 bits per heavy atom. The predicted molar refractivity (Wildman–Crippen MR) is 75.3 cm³/mol. The molecule has 1 unspecified atom stereocenters. The van der Waals surface area contributed by atoms with Crippen LogP contribution in [0.15, 0.2) is 17.1 Å². The zero-order valence-electron chi connectivity index (χ0n) is 11.7. The van der Waals surface area contributed by atoms with Crippen LogP contribution in [0.5, 0.6) is 0 Å². The van der Waals surface area contributed by atoms with Crippen LogP contribution in [0.3, 0.4) is 0 Å². The number of nitrogens with zero attached hydrogens (tertiary/aromatic N) is 2. The van der Waals surface area contributed by atoms with Crippen LogP contribution in [0.1, 0.15) is 12.8 Å². The third-order valence-electron chi connectivity index (χ3n) is 3.11. The molecule has 7 N–H and O–H groups in total. The molecule has 0 bridgehead atoms. The molecule has 1 heterocycles. The van der Waals surface area contributed by atoms with Crippen molar-refractivity contribution in [2.45, 2.75) is 18.4 Å². The van der Waals surface area contributed by atoms with Gasteiger partial charge in [-0.25, -0.2) is 4.79 Å². The van der Waals surface area contributed by atoms with E-state index in [0.717, 1.165) is 12.2 Å². The molecule has 1 aliphatic rings. The first-order valence-electron chi connectivity index (χ1n) is 6.33. The van der Waals surface area contributed by atoms with E-state index in [1.165, 1.54) is 0 Å². The van der Waals surface area contributed by atoms with Crippen molar-refractivity contribution in [2.75, 3.05) is 13.1 Å². The molecule has 0 aromatic rings. The van der Waals surface area contributed by atoms with Gasteiger partial charge in [-0.3, -0.25) is 24.3 Å². The van der Waals surface area contributed by atoms with E-state index in [1.807, 2.05) is 0 Å². The SMILES string of the molecule is NC(N)=NCCCC(N)(C(=O)O)C(=O)CN1C(=O)C=CC1=O. The number of carboxylic acids is 1. The Balaban J connectivity index is 2.74. The Labute approximate surface area is 125 Å². The Kier molecular flexibility index (Phi) is 5.35. The number of Topliss-reactive ketones (excluding diaryl/α,β-unsaturated/α-hetero) is 1. The van der Waals surface area contributed by atoms with E-state index < -0.39 is 35.7 Å². The lowest BCUT2D eigenvalue weighted by Gasteiger charge is -2.25. The second-order valence-corrected chi connectivity index (χ2v) is 4.71. The molecule has 0 radical (unpaired) electrons. The zero-order valence-corrected chi connectivity index (χ0v) is 11.7. The molecule has 0 aromatic heterocycles. The van der Waals surface area contributed by atoms with Gasteiger partial charge in [-0.15, -0.1) is 0 Å². The number of nitrogens with two attached hydrogens (primary N) is 3. The van der Waals surface area contributed by atoms with Gasteiger partial charge in [0.1, 0.15) is 0 Å². The molecule has 1 rings (SSSR count). The molecule has 1 atom stereocenters. The van der Waals surface area contributed by atoms with Gasteiger partial charge >= 0.3 is 5.97 Å². The molecule has 0 spiro atoms. The van der Waals surface area contributed by atoms with Crippen molar-refractivity contribution < 1.29 is 24.3 Å². The summed E-state index contributed by atoms with van der Waals surface area (Å²) in [5.74, 6) is -4.04. The molecule has 10 heteroatoms. The van der Waals surface area contributed by atoms with Crippen LogP contribution >= 0.6 is 0 Å². The third kappa shape index (κ3) is 3.88. The first kappa shape index (κ1) is 17.3. The third-order valence-corrected chi connectivity index (χ3v) is 3.11. The summed E-state index contributed by atoms with van der Waals surface area (Å²) in [7, 11) is 0. The lowest BCUT2D eigenvalue weighted by Crippen LogP contribution is -2.58. The van der Waals surface area contributed by atoms with E-state index in [9.17, 15) is 24.3 Å². The number of carboxylic acid groups (broad SMARTS) is 1. The number of aliphatic carboxylic acids is 1. The first-order chi connectivity index (χ1) is 10.2. The summed E-state index contributed by atoms with van der Waals surface area (Å²) in [5.41, 5.74) is 13.7. The summed E-state index contributed by atoms with van der Waals surface area (Å²) in [6.45, 7) is -0.596. The van der Waals surface area contributed by atoms with E-state index in [2.05, 4.69) is 4.99 Å². The molecule has 120 valence electrons. The molecule has 0 aromatic carbocycles. The van der Waals surface area contributed by atoms with Crippen molar-refractivity contribution in [3.63, 3.8) is 0 Å². The Hall–Kier alpha value is -2.75. The monoisotopic (exact) mass is 311 g/mol. The maximum Gasteiger partial charge on any atom is 0.331 e. The molecular formula is C12H17N5O5. The number of guanidine groups is 1. The van der Waals surface area contributed by atoms with Crippen LogP contribution < -0.4 is 17.2 Å². The molecule has 0 fully saturated rings. The summed E-state index contributed by atoms with van der Waals surface area (Å²) in [4.78, 5) is 50.5. The number of aliphatic imine (C=N–C) groups is 1. The van der Waals surface area contributed by atoms with E-state index in [1.54, 1.807) is 0 Å². The summed E-state index contributed by atoms with van der Waals surface area (Å²) in [5, 5.41) is 9.18. The van der Waals surface area contributed by atoms with Gasteiger partial charge in [0.05, 0.1) is 6.54 Å². The summed E-state index contributed by atoms with van der Waals surface area (Å²) in [6.07, 6.45) is 1.90. The van der Waals surface area contributed by atoms with Crippen molar-refractivity contribution in [1.29, 1.82) is 0 Å². The number of carbonyl (C=O) groups excluding carboxylic acids is 3.